The summed E-state index contributed by atoms with van der Waals surface area (Å²) in [6, 6.07) is 21.8. The SMILES string of the molecule is COC(=O)CCN(C(=O)Oc1ccc2[nH]c(CNc3ccc(C(=N)N)cc3)c(C)c2c1)c1ccccc1. The van der Waals surface area contributed by atoms with Crippen molar-refractivity contribution < 1.29 is 19.1 Å². The van der Waals surface area contributed by atoms with E-state index in [-0.39, 0.29) is 18.8 Å². The molecule has 0 atom stereocenters. The summed E-state index contributed by atoms with van der Waals surface area (Å²) < 4.78 is 10.4. The highest BCUT2D eigenvalue weighted by molar-refractivity contribution is 5.95. The molecule has 4 aromatic rings. The molecule has 1 aromatic heterocycles. The summed E-state index contributed by atoms with van der Waals surface area (Å²) in [5, 5.41) is 11.8. The highest BCUT2D eigenvalue weighted by Gasteiger charge is 2.20. The van der Waals surface area contributed by atoms with Gasteiger partial charge in [0.25, 0.3) is 0 Å². The fourth-order valence-electron chi connectivity index (χ4n) is 3.95. The first-order valence-electron chi connectivity index (χ1n) is 11.8. The molecule has 0 spiro atoms. The van der Waals surface area contributed by atoms with E-state index in [0.29, 0.717) is 23.5 Å². The van der Waals surface area contributed by atoms with E-state index in [1.807, 2.05) is 49.4 Å². The molecule has 4 rings (SSSR count). The fraction of sp³-hybridized carbons (Fsp3) is 0.179. The first-order chi connectivity index (χ1) is 17.9. The minimum absolute atomic E-state index is 0.0323. The number of hydrogen-bond acceptors (Lipinski definition) is 6. The molecule has 0 unspecified atom stereocenters. The number of anilines is 2. The highest BCUT2D eigenvalue weighted by Crippen LogP contribution is 2.27. The maximum Gasteiger partial charge on any atom is 0.419 e. The van der Waals surface area contributed by atoms with E-state index < -0.39 is 12.1 Å². The number of carbonyl (C=O) groups excluding carboxylic acids is 2. The number of rotatable bonds is 9. The average molecular weight is 500 g/mol. The number of methoxy groups -OCH3 is 1. The third-order valence-electron chi connectivity index (χ3n) is 6.06. The number of H-pyrrole nitrogens is 1. The van der Waals surface area contributed by atoms with Gasteiger partial charge in [-0.1, -0.05) is 18.2 Å². The predicted molar refractivity (Wildman–Crippen MR) is 144 cm³/mol. The van der Waals surface area contributed by atoms with Crippen molar-refractivity contribution in [1.29, 1.82) is 5.41 Å². The molecular formula is C28H29N5O4. The summed E-state index contributed by atoms with van der Waals surface area (Å²) in [6.45, 7) is 2.70. The van der Waals surface area contributed by atoms with Gasteiger partial charge < -0.3 is 25.5 Å². The van der Waals surface area contributed by atoms with E-state index in [1.165, 1.54) is 12.0 Å². The number of nitrogens with zero attached hydrogens (tertiary/aromatic N) is 1. The molecular weight excluding hydrogens is 470 g/mol. The number of para-hydroxylation sites is 1. The topological polar surface area (TPSA) is 134 Å². The largest absolute Gasteiger partial charge is 0.469 e. The summed E-state index contributed by atoms with van der Waals surface area (Å²) in [5.41, 5.74) is 10.7. The molecule has 3 aromatic carbocycles. The number of hydrogen-bond donors (Lipinski definition) is 4. The van der Waals surface area contributed by atoms with Gasteiger partial charge in [-0.3, -0.25) is 15.1 Å². The van der Waals surface area contributed by atoms with Crippen molar-refractivity contribution in [2.45, 2.75) is 19.9 Å². The Hall–Kier alpha value is -4.79. The molecule has 1 amide bonds. The van der Waals surface area contributed by atoms with E-state index in [4.69, 9.17) is 20.6 Å². The molecule has 0 saturated carbocycles. The zero-order valence-electron chi connectivity index (χ0n) is 20.7. The molecule has 37 heavy (non-hydrogen) atoms. The van der Waals surface area contributed by atoms with E-state index in [2.05, 4.69) is 10.3 Å². The summed E-state index contributed by atoms with van der Waals surface area (Å²) >= 11 is 0. The second kappa shape index (κ2) is 11.3. The second-order valence-corrected chi connectivity index (χ2v) is 8.46. The second-order valence-electron chi connectivity index (χ2n) is 8.46. The minimum atomic E-state index is -0.585. The normalized spacial score (nSPS) is 10.6. The van der Waals surface area contributed by atoms with Crippen LogP contribution in [0, 0.1) is 12.3 Å². The van der Waals surface area contributed by atoms with Crippen LogP contribution in [-0.4, -0.2) is 36.5 Å². The van der Waals surface area contributed by atoms with Gasteiger partial charge in [-0.05, 0) is 67.1 Å². The van der Waals surface area contributed by atoms with E-state index in [9.17, 15) is 9.59 Å². The van der Waals surface area contributed by atoms with Crippen molar-refractivity contribution >= 4 is 40.2 Å². The monoisotopic (exact) mass is 499 g/mol. The lowest BCUT2D eigenvalue weighted by Crippen LogP contribution is -2.35. The lowest BCUT2D eigenvalue weighted by molar-refractivity contribution is -0.140. The van der Waals surface area contributed by atoms with Crippen LogP contribution in [0.25, 0.3) is 10.9 Å². The van der Waals surface area contributed by atoms with Gasteiger partial charge in [-0.2, -0.15) is 0 Å². The van der Waals surface area contributed by atoms with Crippen LogP contribution in [0.5, 0.6) is 5.75 Å². The summed E-state index contributed by atoms with van der Waals surface area (Å²) in [7, 11) is 1.32. The van der Waals surface area contributed by atoms with Gasteiger partial charge >= 0.3 is 12.1 Å². The number of carbonyl (C=O) groups is 2. The predicted octanol–water partition coefficient (Wildman–Crippen LogP) is 4.94. The van der Waals surface area contributed by atoms with Crippen LogP contribution in [0.2, 0.25) is 0 Å². The van der Waals surface area contributed by atoms with Gasteiger partial charge in [0.05, 0.1) is 20.1 Å². The van der Waals surface area contributed by atoms with Crippen molar-refractivity contribution in [3.8, 4) is 5.75 Å². The van der Waals surface area contributed by atoms with E-state index >= 15 is 0 Å². The molecule has 0 saturated heterocycles. The molecule has 0 radical (unpaired) electrons. The lowest BCUT2D eigenvalue weighted by Gasteiger charge is -2.21. The Balaban J connectivity index is 1.48. The Morgan fingerprint density at radius 2 is 1.78 bits per heavy atom. The molecule has 0 fully saturated rings. The number of aromatic nitrogens is 1. The Bertz CT molecular complexity index is 1410. The van der Waals surface area contributed by atoms with Crippen molar-refractivity contribution in [3.63, 3.8) is 0 Å². The molecule has 190 valence electrons. The van der Waals surface area contributed by atoms with Crippen LogP contribution in [0.15, 0.2) is 72.8 Å². The average Bonchev–Trinajstić information content (AvgIpc) is 3.23. The smallest absolute Gasteiger partial charge is 0.419 e. The lowest BCUT2D eigenvalue weighted by atomic mass is 10.1. The number of amides is 1. The van der Waals surface area contributed by atoms with E-state index in [1.54, 1.807) is 30.3 Å². The fourth-order valence-corrected chi connectivity index (χ4v) is 3.95. The van der Waals surface area contributed by atoms with Crippen LogP contribution in [0.1, 0.15) is 23.2 Å². The van der Waals surface area contributed by atoms with Crippen molar-refractivity contribution in [2.75, 3.05) is 23.9 Å². The van der Waals surface area contributed by atoms with Gasteiger partial charge in [0.2, 0.25) is 0 Å². The number of nitrogens with one attached hydrogen (secondary N) is 3. The van der Waals surface area contributed by atoms with Gasteiger partial charge in [0.15, 0.2) is 0 Å². The highest BCUT2D eigenvalue weighted by atomic mass is 16.6. The number of aryl methyl sites for hydroxylation is 1. The Morgan fingerprint density at radius 3 is 2.46 bits per heavy atom. The Kier molecular flexibility index (Phi) is 7.73. The molecule has 9 nitrogen and oxygen atoms in total. The first kappa shape index (κ1) is 25.3. The molecule has 9 heteroatoms. The number of nitrogens with two attached hydrogens (primary N) is 1. The van der Waals surface area contributed by atoms with Gasteiger partial charge in [0, 0.05) is 40.1 Å². The number of nitrogen functional groups attached to an aromatic ring is 1. The quantitative estimate of drug-likeness (QED) is 0.146. The maximum absolute atomic E-state index is 13.1. The van der Waals surface area contributed by atoms with Gasteiger partial charge in [-0.25, -0.2) is 4.79 Å². The van der Waals surface area contributed by atoms with Gasteiger partial charge in [-0.15, -0.1) is 0 Å². The first-order valence-corrected chi connectivity index (χ1v) is 11.8. The summed E-state index contributed by atoms with van der Waals surface area (Å²) in [4.78, 5) is 29.6. The van der Waals surface area contributed by atoms with Crippen LogP contribution < -0.4 is 20.7 Å². The third-order valence-corrected chi connectivity index (χ3v) is 6.06. The number of amidine groups is 1. The molecule has 0 aliphatic heterocycles. The Labute approximate surface area is 214 Å². The van der Waals surface area contributed by atoms with Crippen molar-refractivity contribution in [1.82, 2.24) is 4.98 Å². The summed E-state index contributed by atoms with van der Waals surface area (Å²) in [6.07, 6.45) is -0.539. The molecule has 1 heterocycles. The van der Waals surface area contributed by atoms with Crippen LogP contribution in [-0.2, 0) is 16.1 Å². The zero-order valence-corrected chi connectivity index (χ0v) is 20.7. The molecule has 0 aliphatic carbocycles. The molecule has 5 N–H and O–H groups in total. The van der Waals surface area contributed by atoms with Crippen molar-refractivity contribution in [2.24, 2.45) is 5.73 Å². The number of ether oxygens (including phenoxy) is 2. The number of fused-ring (bicyclic) bond motifs is 1. The maximum atomic E-state index is 13.1. The van der Waals surface area contributed by atoms with E-state index in [0.717, 1.165) is 27.8 Å². The number of esters is 1. The van der Waals surface area contributed by atoms with Crippen LogP contribution in [0.4, 0.5) is 16.2 Å². The minimum Gasteiger partial charge on any atom is -0.469 e. The third kappa shape index (κ3) is 6.07. The van der Waals surface area contributed by atoms with Crippen LogP contribution >= 0.6 is 0 Å². The number of benzene rings is 3. The molecule has 0 bridgehead atoms. The summed E-state index contributed by atoms with van der Waals surface area (Å²) in [5.74, 6) is 0.0248. The Morgan fingerprint density at radius 1 is 1.05 bits per heavy atom. The van der Waals surface area contributed by atoms with Crippen molar-refractivity contribution in [3.05, 3.63) is 89.6 Å². The van der Waals surface area contributed by atoms with Gasteiger partial charge in [0.1, 0.15) is 11.6 Å². The zero-order chi connectivity index (χ0) is 26.4. The molecule has 0 aliphatic rings. The standard InChI is InChI=1S/C28H29N5O4/c1-18-23-16-22(37-28(35)33(15-14-26(34)36-2)21-6-4-3-5-7-21)12-13-24(23)32-25(18)17-31-20-10-8-19(9-11-20)27(29)30/h3-13,16,31-32H,14-15,17H2,1-2H3,(H3,29,30). The van der Waals surface area contributed by atoms with Crippen LogP contribution in [0.3, 0.4) is 0 Å². The number of aromatic amines is 1.